The number of amides is 2. The van der Waals surface area contributed by atoms with E-state index in [2.05, 4.69) is 20.5 Å². The fraction of sp³-hybridized carbons (Fsp3) is 0.440. The van der Waals surface area contributed by atoms with Gasteiger partial charge in [0.05, 0.1) is 16.8 Å². The van der Waals surface area contributed by atoms with Gasteiger partial charge in [0.15, 0.2) is 0 Å². The molecule has 2 aromatic rings. The van der Waals surface area contributed by atoms with Gasteiger partial charge in [-0.2, -0.15) is 0 Å². The first-order valence-electron chi connectivity index (χ1n) is 11.6. The highest BCUT2D eigenvalue weighted by Crippen LogP contribution is 2.43. The standard InChI is InChI=1S/C25H29FN4O2/c1-15-20(24(31)27-11-6-14-30-12-2-3-13-30)16-7-4-8-17(22(16)28-15)21-18-9-5-10-19(26)23(18)29-25(21)32/h5,9-10,28H,2-4,6-8,11-14H2,1H3,(H,27,31)(H,29,32)/b21-17-. The summed E-state index contributed by atoms with van der Waals surface area (Å²) >= 11 is 0. The lowest BCUT2D eigenvalue weighted by atomic mass is 9.86. The minimum absolute atomic E-state index is 0.0602. The van der Waals surface area contributed by atoms with Crippen molar-refractivity contribution in [1.82, 2.24) is 15.2 Å². The number of aromatic amines is 1. The number of allylic oxidation sites excluding steroid dienone is 1. The molecule has 1 fully saturated rings. The van der Waals surface area contributed by atoms with E-state index >= 15 is 0 Å². The highest BCUT2D eigenvalue weighted by Gasteiger charge is 2.34. The van der Waals surface area contributed by atoms with E-state index in [0.717, 1.165) is 61.4 Å². The summed E-state index contributed by atoms with van der Waals surface area (Å²) in [5, 5.41) is 5.76. The number of benzene rings is 1. The number of halogens is 1. The van der Waals surface area contributed by atoms with Crippen molar-refractivity contribution < 1.29 is 14.0 Å². The summed E-state index contributed by atoms with van der Waals surface area (Å²) in [6, 6.07) is 4.75. The Bertz CT molecular complexity index is 1110. The van der Waals surface area contributed by atoms with E-state index in [1.807, 2.05) is 6.92 Å². The lowest BCUT2D eigenvalue weighted by Gasteiger charge is -2.18. The summed E-state index contributed by atoms with van der Waals surface area (Å²) in [6.45, 7) is 5.90. The van der Waals surface area contributed by atoms with Crippen LogP contribution in [0.4, 0.5) is 10.1 Å². The number of carbonyl (C=O) groups excluding carboxylic acids is 2. The summed E-state index contributed by atoms with van der Waals surface area (Å²) in [6.07, 6.45) is 5.82. The minimum Gasteiger partial charge on any atom is -0.358 e. The first kappa shape index (κ1) is 20.9. The second-order valence-electron chi connectivity index (χ2n) is 8.96. The van der Waals surface area contributed by atoms with Gasteiger partial charge in [0.1, 0.15) is 5.82 Å². The third-order valence-corrected chi connectivity index (χ3v) is 6.86. The van der Waals surface area contributed by atoms with Crippen molar-refractivity contribution >= 4 is 28.6 Å². The predicted octanol–water partition coefficient (Wildman–Crippen LogP) is 3.88. The fourth-order valence-electron chi connectivity index (χ4n) is 5.37. The predicted molar refractivity (Wildman–Crippen MR) is 123 cm³/mol. The van der Waals surface area contributed by atoms with E-state index in [9.17, 15) is 14.0 Å². The molecule has 3 heterocycles. The molecule has 7 heteroatoms. The third-order valence-electron chi connectivity index (χ3n) is 6.86. The number of hydrogen-bond acceptors (Lipinski definition) is 3. The molecule has 0 spiro atoms. The second kappa shape index (κ2) is 8.54. The summed E-state index contributed by atoms with van der Waals surface area (Å²) in [7, 11) is 0. The Labute approximate surface area is 187 Å². The number of hydrogen-bond donors (Lipinski definition) is 3. The average molecular weight is 437 g/mol. The molecule has 3 aliphatic rings. The number of para-hydroxylation sites is 1. The van der Waals surface area contributed by atoms with E-state index in [1.165, 1.54) is 18.9 Å². The number of carbonyl (C=O) groups is 2. The van der Waals surface area contributed by atoms with Crippen molar-refractivity contribution in [1.29, 1.82) is 0 Å². The van der Waals surface area contributed by atoms with Gasteiger partial charge >= 0.3 is 0 Å². The van der Waals surface area contributed by atoms with E-state index < -0.39 is 5.82 Å². The van der Waals surface area contributed by atoms with E-state index in [1.54, 1.807) is 12.1 Å². The zero-order valence-electron chi connectivity index (χ0n) is 18.4. The molecule has 2 aliphatic heterocycles. The Hall–Kier alpha value is -2.93. The summed E-state index contributed by atoms with van der Waals surface area (Å²) in [5.41, 5.74) is 5.53. The van der Waals surface area contributed by atoms with Gasteiger partial charge in [-0.15, -0.1) is 0 Å². The number of aromatic nitrogens is 1. The lowest BCUT2D eigenvalue weighted by molar-refractivity contribution is -0.110. The van der Waals surface area contributed by atoms with Crippen molar-refractivity contribution in [3.05, 3.63) is 52.1 Å². The lowest BCUT2D eigenvalue weighted by Crippen LogP contribution is -2.29. The largest absolute Gasteiger partial charge is 0.358 e. The SMILES string of the molecule is Cc1[nH]c2c(c1C(=O)NCCCN1CCCC1)CCC/C2=C1/C(=O)Nc2c(F)cccc21. The Morgan fingerprint density at radius 3 is 2.81 bits per heavy atom. The Morgan fingerprint density at radius 1 is 1.19 bits per heavy atom. The minimum atomic E-state index is -0.431. The summed E-state index contributed by atoms with van der Waals surface area (Å²) < 4.78 is 14.2. The van der Waals surface area contributed by atoms with Crippen molar-refractivity contribution in [2.75, 3.05) is 31.5 Å². The van der Waals surface area contributed by atoms with Crippen LogP contribution in [0.1, 0.15) is 65.0 Å². The molecule has 0 unspecified atom stereocenters. The van der Waals surface area contributed by atoms with E-state index in [0.29, 0.717) is 29.7 Å². The number of anilines is 1. The quantitative estimate of drug-likeness (QED) is 0.492. The smallest absolute Gasteiger partial charge is 0.256 e. The van der Waals surface area contributed by atoms with Crippen molar-refractivity contribution in [3.8, 4) is 0 Å². The molecule has 1 aliphatic carbocycles. The van der Waals surface area contributed by atoms with Gasteiger partial charge in [0, 0.05) is 23.5 Å². The van der Waals surface area contributed by atoms with Crippen LogP contribution in [0.25, 0.3) is 11.1 Å². The van der Waals surface area contributed by atoms with Crippen molar-refractivity contribution in [3.63, 3.8) is 0 Å². The molecule has 3 N–H and O–H groups in total. The molecule has 32 heavy (non-hydrogen) atoms. The van der Waals surface area contributed by atoms with Crippen LogP contribution in [0.15, 0.2) is 18.2 Å². The van der Waals surface area contributed by atoms with E-state index in [4.69, 9.17) is 0 Å². The zero-order valence-corrected chi connectivity index (χ0v) is 18.4. The molecule has 0 radical (unpaired) electrons. The number of nitrogens with zero attached hydrogens (tertiary/aromatic N) is 1. The maximum absolute atomic E-state index is 14.2. The molecule has 1 saturated heterocycles. The van der Waals surface area contributed by atoms with Gasteiger partial charge in [-0.1, -0.05) is 12.1 Å². The highest BCUT2D eigenvalue weighted by atomic mass is 19.1. The van der Waals surface area contributed by atoms with Gasteiger partial charge in [0.25, 0.3) is 11.8 Å². The molecular weight excluding hydrogens is 407 g/mol. The first-order chi connectivity index (χ1) is 15.5. The number of H-pyrrole nitrogens is 1. The molecule has 5 rings (SSSR count). The summed E-state index contributed by atoms with van der Waals surface area (Å²) in [4.78, 5) is 31.6. The molecule has 6 nitrogen and oxygen atoms in total. The van der Waals surface area contributed by atoms with Gasteiger partial charge < -0.3 is 20.5 Å². The number of nitrogens with one attached hydrogen (secondary N) is 3. The topological polar surface area (TPSA) is 77.2 Å². The van der Waals surface area contributed by atoms with Crippen LogP contribution in [-0.4, -0.2) is 47.9 Å². The summed E-state index contributed by atoms with van der Waals surface area (Å²) in [5.74, 6) is -0.776. The van der Waals surface area contributed by atoms with Crippen LogP contribution in [0, 0.1) is 12.7 Å². The molecule has 1 aromatic carbocycles. The fourth-order valence-corrected chi connectivity index (χ4v) is 5.37. The Balaban J connectivity index is 1.40. The number of rotatable bonds is 5. The van der Waals surface area contributed by atoms with Gasteiger partial charge in [-0.25, -0.2) is 4.39 Å². The Kier molecular flexibility index (Phi) is 5.59. The third kappa shape index (κ3) is 3.64. The second-order valence-corrected chi connectivity index (χ2v) is 8.96. The maximum Gasteiger partial charge on any atom is 0.256 e. The van der Waals surface area contributed by atoms with Crippen LogP contribution in [-0.2, 0) is 11.2 Å². The maximum atomic E-state index is 14.2. The van der Waals surface area contributed by atoms with Crippen LogP contribution in [0.5, 0.6) is 0 Å². The first-order valence-corrected chi connectivity index (χ1v) is 11.6. The Morgan fingerprint density at radius 2 is 2.00 bits per heavy atom. The zero-order chi connectivity index (χ0) is 22.2. The molecule has 0 bridgehead atoms. The molecule has 168 valence electrons. The van der Waals surface area contributed by atoms with Crippen LogP contribution >= 0.6 is 0 Å². The van der Waals surface area contributed by atoms with Crippen molar-refractivity contribution in [2.24, 2.45) is 0 Å². The van der Waals surface area contributed by atoms with E-state index in [-0.39, 0.29) is 17.5 Å². The van der Waals surface area contributed by atoms with Gasteiger partial charge in [-0.3, -0.25) is 9.59 Å². The number of fused-ring (bicyclic) bond motifs is 2. The number of likely N-dealkylation sites (tertiary alicyclic amines) is 1. The highest BCUT2D eigenvalue weighted by molar-refractivity contribution is 6.37. The monoisotopic (exact) mass is 436 g/mol. The van der Waals surface area contributed by atoms with Gasteiger partial charge in [-0.05, 0) is 82.3 Å². The number of aryl methyl sites for hydroxylation is 1. The molecule has 2 amide bonds. The molecule has 0 saturated carbocycles. The average Bonchev–Trinajstić information content (AvgIpc) is 3.48. The molecular formula is C25H29FN4O2. The normalized spacial score (nSPS) is 20.2. The molecule has 0 atom stereocenters. The van der Waals surface area contributed by atoms with Gasteiger partial charge in [0.2, 0.25) is 0 Å². The van der Waals surface area contributed by atoms with Crippen molar-refractivity contribution in [2.45, 2.75) is 45.4 Å². The van der Waals surface area contributed by atoms with Crippen LogP contribution in [0.2, 0.25) is 0 Å². The molecule has 1 aromatic heterocycles. The van der Waals surface area contributed by atoms with Crippen LogP contribution in [0.3, 0.4) is 0 Å². The van der Waals surface area contributed by atoms with Crippen LogP contribution < -0.4 is 10.6 Å².